The Morgan fingerprint density at radius 2 is 1.92 bits per heavy atom. The lowest BCUT2D eigenvalue weighted by molar-refractivity contribution is -0.885. The Bertz CT molecular complexity index is 702. The lowest BCUT2D eigenvalue weighted by atomic mass is 10.0. The van der Waals surface area contributed by atoms with Gasteiger partial charge >= 0.3 is 0 Å². The van der Waals surface area contributed by atoms with E-state index in [1.165, 1.54) is 17.3 Å². The van der Waals surface area contributed by atoms with Crippen molar-refractivity contribution in [2.75, 3.05) is 18.9 Å². The van der Waals surface area contributed by atoms with Gasteiger partial charge in [0.05, 0.1) is 17.1 Å². The van der Waals surface area contributed by atoms with Gasteiger partial charge in [-0.2, -0.15) is 0 Å². The molecule has 128 valence electrons. The minimum Gasteiger partial charge on any atom is -0.326 e. The molecule has 2 rings (SSSR count). The second-order valence-corrected chi connectivity index (χ2v) is 7.08. The molecular weight excluding hydrogens is 345 g/mol. The average Bonchev–Trinajstić information content (AvgIpc) is 2.50. The Labute approximate surface area is 152 Å². The fraction of sp³-hybridized carbons (Fsp3) is 0.333. The molecule has 24 heavy (non-hydrogen) atoms. The molecule has 0 aliphatic heterocycles. The third kappa shape index (κ3) is 5.48. The highest BCUT2D eigenvalue weighted by Gasteiger charge is 2.13. The van der Waals surface area contributed by atoms with Crippen molar-refractivity contribution < 1.29 is 9.69 Å². The minimum atomic E-state index is -0.136. The van der Waals surface area contributed by atoms with Crippen LogP contribution in [0.2, 0.25) is 10.0 Å². The fourth-order valence-electron chi connectivity index (χ4n) is 2.39. The van der Waals surface area contributed by atoms with Crippen molar-refractivity contribution in [1.82, 2.24) is 4.98 Å². The molecule has 0 fully saturated rings. The quantitative estimate of drug-likeness (QED) is 0.824. The topological polar surface area (TPSA) is 46.4 Å². The fourth-order valence-corrected chi connectivity index (χ4v) is 2.82. The molecule has 0 aliphatic carbocycles. The standard InChI is InChI=1S/C18H21Cl2N3O/c1-12(2)14-6-4-13(5-7-14)10-23(3)11-17(24)22-18-16(20)8-15(19)9-21-18/h4-9,12H,10-11H2,1-3H3,(H,21,22,24)/p+1. The zero-order chi connectivity index (χ0) is 17.7. The van der Waals surface area contributed by atoms with Gasteiger partial charge in [0.15, 0.2) is 12.4 Å². The largest absolute Gasteiger partial charge is 0.326 e. The van der Waals surface area contributed by atoms with Crippen LogP contribution in [0.1, 0.15) is 30.9 Å². The number of aromatic nitrogens is 1. The molecule has 1 amide bonds. The van der Waals surface area contributed by atoms with E-state index in [4.69, 9.17) is 23.2 Å². The predicted octanol–water partition coefficient (Wildman–Crippen LogP) is 3.17. The Balaban J connectivity index is 1.89. The van der Waals surface area contributed by atoms with E-state index in [-0.39, 0.29) is 5.91 Å². The van der Waals surface area contributed by atoms with Gasteiger partial charge in [-0.1, -0.05) is 61.3 Å². The Morgan fingerprint density at radius 1 is 1.25 bits per heavy atom. The summed E-state index contributed by atoms with van der Waals surface area (Å²) in [7, 11) is 1.98. The first kappa shape index (κ1) is 18.7. The number of nitrogens with zero attached hydrogens (tertiary/aromatic N) is 1. The molecule has 4 nitrogen and oxygen atoms in total. The molecule has 2 aromatic rings. The zero-order valence-electron chi connectivity index (χ0n) is 14.1. The summed E-state index contributed by atoms with van der Waals surface area (Å²) in [6.07, 6.45) is 1.45. The summed E-state index contributed by atoms with van der Waals surface area (Å²) < 4.78 is 0. The van der Waals surface area contributed by atoms with Crippen molar-refractivity contribution in [3.05, 3.63) is 57.7 Å². The highest BCUT2D eigenvalue weighted by Crippen LogP contribution is 2.22. The van der Waals surface area contributed by atoms with Crippen molar-refractivity contribution in [2.45, 2.75) is 26.3 Å². The molecule has 1 aromatic heterocycles. The molecule has 0 bridgehead atoms. The molecule has 1 atom stereocenters. The van der Waals surface area contributed by atoms with Gasteiger partial charge in [-0.15, -0.1) is 0 Å². The number of carbonyl (C=O) groups excluding carboxylic acids is 1. The summed E-state index contributed by atoms with van der Waals surface area (Å²) in [5, 5.41) is 3.48. The highest BCUT2D eigenvalue weighted by molar-refractivity contribution is 6.36. The van der Waals surface area contributed by atoms with E-state index in [2.05, 4.69) is 48.4 Å². The van der Waals surface area contributed by atoms with Crippen LogP contribution in [0.15, 0.2) is 36.5 Å². The minimum absolute atomic E-state index is 0.136. The van der Waals surface area contributed by atoms with Crippen LogP contribution in [0.5, 0.6) is 0 Å². The molecule has 1 unspecified atom stereocenters. The van der Waals surface area contributed by atoms with Gasteiger partial charge in [0.2, 0.25) is 0 Å². The third-order valence-corrected chi connectivity index (χ3v) is 4.18. The highest BCUT2D eigenvalue weighted by atomic mass is 35.5. The second-order valence-electron chi connectivity index (χ2n) is 6.24. The maximum atomic E-state index is 12.1. The lowest BCUT2D eigenvalue weighted by Crippen LogP contribution is -3.08. The number of benzene rings is 1. The lowest BCUT2D eigenvalue weighted by Gasteiger charge is -2.15. The van der Waals surface area contributed by atoms with Gasteiger partial charge in [0.1, 0.15) is 6.54 Å². The normalized spacial score (nSPS) is 12.2. The molecule has 2 N–H and O–H groups in total. The van der Waals surface area contributed by atoms with Crippen LogP contribution < -0.4 is 10.2 Å². The summed E-state index contributed by atoms with van der Waals surface area (Å²) in [6, 6.07) is 10.1. The number of hydrogen-bond donors (Lipinski definition) is 2. The number of rotatable bonds is 6. The number of amides is 1. The first-order valence-electron chi connectivity index (χ1n) is 7.86. The number of quaternary nitrogens is 1. The molecule has 0 radical (unpaired) electrons. The molecule has 0 spiro atoms. The average molecular weight is 367 g/mol. The first-order valence-corrected chi connectivity index (χ1v) is 8.61. The monoisotopic (exact) mass is 366 g/mol. The molecule has 0 aliphatic rings. The maximum Gasteiger partial charge on any atom is 0.280 e. The number of hydrogen-bond acceptors (Lipinski definition) is 2. The van der Waals surface area contributed by atoms with Crippen LogP contribution in [0.4, 0.5) is 5.82 Å². The molecule has 0 saturated heterocycles. The van der Waals surface area contributed by atoms with Gasteiger partial charge in [-0.3, -0.25) is 4.79 Å². The SMILES string of the molecule is CC(C)c1ccc(C[NH+](C)CC(=O)Nc2ncc(Cl)cc2Cl)cc1. The van der Waals surface area contributed by atoms with E-state index >= 15 is 0 Å². The maximum absolute atomic E-state index is 12.1. The van der Waals surface area contributed by atoms with E-state index in [0.29, 0.717) is 28.3 Å². The number of pyridine rings is 1. The van der Waals surface area contributed by atoms with Gasteiger partial charge in [0.25, 0.3) is 5.91 Å². The summed E-state index contributed by atoms with van der Waals surface area (Å²) >= 11 is 11.8. The van der Waals surface area contributed by atoms with Crippen molar-refractivity contribution >= 4 is 34.9 Å². The zero-order valence-corrected chi connectivity index (χ0v) is 15.6. The van der Waals surface area contributed by atoms with Gasteiger partial charge in [-0.25, -0.2) is 4.98 Å². The molecule has 1 heterocycles. The van der Waals surface area contributed by atoms with E-state index in [1.807, 2.05) is 7.05 Å². The number of anilines is 1. The van der Waals surface area contributed by atoms with Crippen LogP contribution >= 0.6 is 23.2 Å². The Kier molecular flexibility index (Phi) is 6.60. The van der Waals surface area contributed by atoms with Crippen LogP contribution in [-0.4, -0.2) is 24.5 Å². The summed E-state index contributed by atoms with van der Waals surface area (Å²) in [4.78, 5) is 17.2. The van der Waals surface area contributed by atoms with E-state index < -0.39 is 0 Å². The van der Waals surface area contributed by atoms with Crippen molar-refractivity contribution in [3.63, 3.8) is 0 Å². The number of halogens is 2. The van der Waals surface area contributed by atoms with Crippen molar-refractivity contribution in [1.29, 1.82) is 0 Å². The van der Waals surface area contributed by atoms with Crippen LogP contribution in [0.25, 0.3) is 0 Å². The predicted molar refractivity (Wildman–Crippen MR) is 98.9 cm³/mol. The summed E-state index contributed by atoms with van der Waals surface area (Å²) in [5.74, 6) is 0.717. The van der Waals surface area contributed by atoms with Crippen molar-refractivity contribution in [2.24, 2.45) is 0 Å². The molecular formula is C18H22Cl2N3O+. The van der Waals surface area contributed by atoms with Gasteiger partial charge in [-0.05, 0) is 17.5 Å². The van der Waals surface area contributed by atoms with Crippen molar-refractivity contribution in [3.8, 4) is 0 Å². The van der Waals surface area contributed by atoms with E-state index in [0.717, 1.165) is 11.4 Å². The van der Waals surface area contributed by atoms with E-state index in [9.17, 15) is 4.79 Å². The molecule has 6 heteroatoms. The van der Waals surface area contributed by atoms with E-state index in [1.54, 1.807) is 6.07 Å². The summed E-state index contributed by atoms with van der Waals surface area (Å²) in [5.41, 5.74) is 2.52. The Hall–Kier alpha value is -1.62. The number of carbonyl (C=O) groups is 1. The number of nitrogens with one attached hydrogen (secondary N) is 2. The smallest absolute Gasteiger partial charge is 0.280 e. The summed E-state index contributed by atoms with van der Waals surface area (Å²) in [6.45, 7) is 5.44. The van der Waals surface area contributed by atoms with Crippen LogP contribution in [0, 0.1) is 0 Å². The van der Waals surface area contributed by atoms with Crippen LogP contribution in [0.3, 0.4) is 0 Å². The first-order chi connectivity index (χ1) is 11.3. The third-order valence-electron chi connectivity index (χ3n) is 3.68. The molecule has 1 aromatic carbocycles. The van der Waals surface area contributed by atoms with Gasteiger partial charge in [0, 0.05) is 11.8 Å². The van der Waals surface area contributed by atoms with Gasteiger partial charge < -0.3 is 10.2 Å². The number of likely N-dealkylation sites (N-methyl/N-ethyl adjacent to an activating group) is 1. The molecule has 0 saturated carbocycles. The second kappa shape index (κ2) is 8.47. The van der Waals surface area contributed by atoms with Crippen LogP contribution in [-0.2, 0) is 11.3 Å². The Morgan fingerprint density at radius 3 is 2.50 bits per heavy atom.